The van der Waals surface area contributed by atoms with E-state index in [2.05, 4.69) is 45.9 Å². The Bertz CT molecular complexity index is 577. The van der Waals surface area contributed by atoms with Crippen LogP contribution < -0.4 is 10.6 Å². The molecule has 2 saturated heterocycles. The first-order valence-electron chi connectivity index (χ1n) is 7.81. The summed E-state index contributed by atoms with van der Waals surface area (Å²) in [7, 11) is 0. The molecule has 2 fully saturated rings. The largest absolute Gasteiger partial charge is 0.328 e. The van der Waals surface area contributed by atoms with Crippen LogP contribution in [0.25, 0.3) is 0 Å². The molecule has 0 aliphatic carbocycles. The van der Waals surface area contributed by atoms with E-state index in [4.69, 9.17) is 12.2 Å². The number of nitrogens with zero attached hydrogens (tertiary/aromatic N) is 1. The van der Waals surface area contributed by atoms with Crippen LogP contribution in [0.1, 0.15) is 18.4 Å². The number of allylic oxidation sites excluding steroid dienone is 1. The maximum atomic E-state index is 11.6. The van der Waals surface area contributed by atoms with Crippen LogP contribution in [0, 0.1) is 5.92 Å². The van der Waals surface area contributed by atoms with Gasteiger partial charge in [-0.2, -0.15) is 0 Å². The standard InChI is InChI=1S/C17H21N3OS/c21-16-15(18-17(22)19-16)12-14-7-10-20(11-8-14)9-6-13-4-2-1-3-5-13/h1-5,12,14H,6-11H2,(H2,18,19,21,22). The molecule has 0 spiro atoms. The number of likely N-dealkylation sites (tertiary alicyclic amines) is 1. The molecule has 0 radical (unpaired) electrons. The summed E-state index contributed by atoms with van der Waals surface area (Å²) in [5.41, 5.74) is 2.01. The quantitative estimate of drug-likeness (QED) is 0.657. The Morgan fingerprint density at radius 1 is 1.18 bits per heavy atom. The summed E-state index contributed by atoms with van der Waals surface area (Å²) < 4.78 is 0. The van der Waals surface area contributed by atoms with E-state index in [1.54, 1.807) is 0 Å². The topological polar surface area (TPSA) is 44.4 Å². The first-order valence-corrected chi connectivity index (χ1v) is 8.22. The van der Waals surface area contributed by atoms with Gasteiger partial charge in [-0.25, -0.2) is 0 Å². The average molecular weight is 315 g/mol. The Morgan fingerprint density at radius 2 is 1.91 bits per heavy atom. The first-order chi connectivity index (χ1) is 10.7. The number of thiocarbonyl (C=S) groups is 1. The predicted octanol–water partition coefficient (Wildman–Crippen LogP) is 1.83. The Kier molecular flexibility index (Phi) is 4.85. The Hall–Kier alpha value is -1.72. The van der Waals surface area contributed by atoms with Gasteiger partial charge in [0.2, 0.25) is 0 Å². The zero-order chi connectivity index (χ0) is 15.4. The van der Waals surface area contributed by atoms with E-state index in [1.807, 2.05) is 6.08 Å². The monoisotopic (exact) mass is 315 g/mol. The lowest BCUT2D eigenvalue weighted by atomic mass is 9.95. The fraction of sp³-hybridized carbons (Fsp3) is 0.412. The van der Waals surface area contributed by atoms with Gasteiger partial charge in [0.1, 0.15) is 5.70 Å². The van der Waals surface area contributed by atoms with E-state index < -0.39 is 0 Å². The molecule has 2 N–H and O–H groups in total. The van der Waals surface area contributed by atoms with E-state index in [9.17, 15) is 4.79 Å². The van der Waals surface area contributed by atoms with Crippen LogP contribution in [0.5, 0.6) is 0 Å². The maximum absolute atomic E-state index is 11.6. The molecule has 0 bridgehead atoms. The van der Waals surface area contributed by atoms with E-state index in [0.29, 0.717) is 16.7 Å². The highest BCUT2D eigenvalue weighted by Crippen LogP contribution is 2.20. The van der Waals surface area contributed by atoms with Gasteiger partial charge in [-0.3, -0.25) is 10.1 Å². The molecule has 5 heteroatoms. The number of rotatable bonds is 4. The van der Waals surface area contributed by atoms with Crippen molar-refractivity contribution in [3.05, 3.63) is 47.7 Å². The second-order valence-corrected chi connectivity index (χ2v) is 6.31. The average Bonchev–Trinajstić information content (AvgIpc) is 2.85. The molecule has 0 unspecified atom stereocenters. The van der Waals surface area contributed by atoms with Crippen molar-refractivity contribution in [2.45, 2.75) is 19.3 Å². The van der Waals surface area contributed by atoms with Gasteiger partial charge >= 0.3 is 0 Å². The van der Waals surface area contributed by atoms with Crippen LogP contribution >= 0.6 is 12.2 Å². The smallest absolute Gasteiger partial charge is 0.273 e. The number of hydrogen-bond acceptors (Lipinski definition) is 3. The van der Waals surface area contributed by atoms with Crippen molar-refractivity contribution < 1.29 is 4.79 Å². The molecule has 1 amide bonds. The van der Waals surface area contributed by atoms with Crippen molar-refractivity contribution in [2.75, 3.05) is 19.6 Å². The third-order valence-corrected chi connectivity index (χ3v) is 4.52. The SMILES string of the molecule is O=C1NC(=S)NC1=CC1CCN(CCc2ccccc2)CC1. The number of piperidine rings is 1. The fourth-order valence-electron chi connectivity index (χ4n) is 3.01. The highest BCUT2D eigenvalue weighted by molar-refractivity contribution is 7.80. The van der Waals surface area contributed by atoms with Gasteiger partial charge in [0, 0.05) is 6.54 Å². The number of benzene rings is 1. The van der Waals surface area contributed by atoms with Crippen molar-refractivity contribution in [3.63, 3.8) is 0 Å². The Morgan fingerprint density at radius 3 is 2.55 bits per heavy atom. The maximum Gasteiger partial charge on any atom is 0.273 e. The lowest BCUT2D eigenvalue weighted by Crippen LogP contribution is -2.35. The van der Waals surface area contributed by atoms with Gasteiger partial charge in [-0.15, -0.1) is 0 Å². The predicted molar refractivity (Wildman–Crippen MR) is 91.3 cm³/mol. The van der Waals surface area contributed by atoms with Crippen molar-refractivity contribution in [3.8, 4) is 0 Å². The van der Waals surface area contributed by atoms with Crippen molar-refractivity contribution in [2.24, 2.45) is 5.92 Å². The molecule has 2 aliphatic rings. The second-order valence-electron chi connectivity index (χ2n) is 5.90. The molecular formula is C17H21N3OS. The summed E-state index contributed by atoms with van der Waals surface area (Å²) in [4.78, 5) is 14.2. The van der Waals surface area contributed by atoms with Crippen molar-refractivity contribution >= 4 is 23.2 Å². The summed E-state index contributed by atoms with van der Waals surface area (Å²) in [6.45, 7) is 3.29. The minimum atomic E-state index is -0.100. The molecule has 0 atom stereocenters. The van der Waals surface area contributed by atoms with Crippen LogP contribution in [0.4, 0.5) is 0 Å². The number of amides is 1. The summed E-state index contributed by atoms with van der Waals surface area (Å²) in [6, 6.07) is 10.6. The highest BCUT2D eigenvalue weighted by Gasteiger charge is 2.23. The van der Waals surface area contributed by atoms with Gasteiger partial charge in [0.25, 0.3) is 5.91 Å². The lowest BCUT2D eigenvalue weighted by molar-refractivity contribution is -0.115. The molecule has 1 aromatic carbocycles. The summed E-state index contributed by atoms with van der Waals surface area (Å²) in [6.07, 6.45) is 5.34. The van der Waals surface area contributed by atoms with Gasteiger partial charge in [-0.05, 0) is 56.1 Å². The molecule has 116 valence electrons. The molecule has 2 heterocycles. The molecule has 0 aromatic heterocycles. The lowest BCUT2D eigenvalue weighted by Gasteiger charge is -2.30. The molecular weight excluding hydrogens is 294 g/mol. The molecule has 2 aliphatic heterocycles. The number of hydrogen-bond donors (Lipinski definition) is 2. The van der Waals surface area contributed by atoms with E-state index in [0.717, 1.165) is 38.9 Å². The number of carbonyl (C=O) groups is 1. The zero-order valence-electron chi connectivity index (χ0n) is 12.5. The number of carbonyl (C=O) groups excluding carboxylic acids is 1. The van der Waals surface area contributed by atoms with Crippen LogP contribution in [0.2, 0.25) is 0 Å². The summed E-state index contributed by atoms with van der Waals surface area (Å²) in [5, 5.41) is 5.95. The normalized spacial score (nSPS) is 21.9. The van der Waals surface area contributed by atoms with Crippen LogP contribution in [0.15, 0.2) is 42.1 Å². The molecule has 3 rings (SSSR count). The summed E-state index contributed by atoms with van der Waals surface area (Å²) in [5.74, 6) is 0.360. The van der Waals surface area contributed by atoms with E-state index in [1.165, 1.54) is 5.56 Å². The first kappa shape index (κ1) is 15.2. The zero-order valence-corrected chi connectivity index (χ0v) is 13.4. The third-order valence-electron chi connectivity index (χ3n) is 4.31. The minimum absolute atomic E-state index is 0.100. The Balaban J connectivity index is 1.45. The second kappa shape index (κ2) is 7.03. The van der Waals surface area contributed by atoms with Crippen LogP contribution in [-0.2, 0) is 11.2 Å². The van der Waals surface area contributed by atoms with E-state index >= 15 is 0 Å². The van der Waals surface area contributed by atoms with Gasteiger partial charge in [0.15, 0.2) is 5.11 Å². The Labute approximate surface area is 136 Å². The van der Waals surface area contributed by atoms with Crippen LogP contribution in [0.3, 0.4) is 0 Å². The van der Waals surface area contributed by atoms with Gasteiger partial charge in [0.05, 0.1) is 0 Å². The summed E-state index contributed by atoms with van der Waals surface area (Å²) >= 11 is 4.95. The molecule has 4 nitrogen and oxygen atoms in total. The van der Waals surface area contributed by atoms with Gasteiger partial charge in [-0.1, -0.05) is 36.4 Å². The molecule has 22 heavy (non-hydrogen) atoms. The molecule has 1 aromatic rings. The van der Waals surface area contributed by atoms with Gasteiger partial charge < -0.3 is 10.2 Å². The molecule has 0 saturated carbocycles. The minimum Gasteiger partial charge on any atom is -0.328 e. The van der Waals surface area contributed by atoms with E-state index in [-0.39, 0.29) is 5.91 Å². The van der Waals surface area contributed by atoms with Crippen molar-refractivity contribution in [1.82, 2.24) is 15.5 Å². The number of nitrogens with one attached hydrogen (secondary N) is 2. The van der Waals surface area contributed by atoms with Crippen molar-refractivity contribution in [1.29, 1.82) is 0 Å². The third kappa shape index (κ3) is 3.93. The highest BCUT2D eigenvalue weighted by atomic mass is 32.1. The van der Waals surface area contributed by atoms with Crippen LogP contribution in [-0.4, -0.2) is 35.6 Å². The fourth-order valence-corrected chi connectivity index (χ4v) is 3.21.